The summed E-state index contributed by atoms with van der Waals surface area (Å²) in [6.45, 7) is 0.778. The summed E-state index contributed by atoms with van der Waals surface area (Å²) in [6.07, 6.45) is -1.61. The number of hydrogen-bond acceptors (Lipinski definition) is 5. The van der Waals surface area contributed by atoms with E-state index in [4.69, 9.17) is 25.1 Å². The Hall–Kier alpha value is -2.48. The Balaban J connectivity index is 2.16. The molecule has 0 radical (unpaired) electrons. The van der Waals surface area contributed by atoms with Crippen LogP contribution in [0.1, 0.15) is 5.56 Å². The van der Waals surface area contributed by atoms with E-state index in [9.17, 15) is 4.79 Å². The summed E-state index contributed by atoms with van der Waals surface area (Å²) in [5.74, 6) is 1.37. The molecule has 8 heteroatoms. The van der Waals surface area contributed by atoms with Gasteiger partial charge in [-0.15, -0.1) is 0 Å². The first-order valence-corrected chi connectivity index (χ1v) is 6.70. The number of amidine groups is 1. The average Bonchev–Trinajstić information content (AvgIpc) is 2.54. The van der Waals surface area contributed by atoms with Crippen LogP contribution < -0.4 is 15.2 Å². The third kappa shape index (κ3) is 3.59. The van der Waals surface area contributed by atoms with Gasteiger partial charge in [-0.25, -0.2) is 9.79 Å². The van der Waals surface area contributed by atoms with Gasteiger partial charge in [0.2, 0.25) is 0 Å². The standard InChI is InChI=1S/C14H19N3O5/c1-20-10-4-3-9(7-11(10)21-2)13(15)16-12-8-17(14(18)19)5-6-22-12/h3-4,7,12H,5-6,8H2,1-2H3,(H2,15,16)(H,18,19). The minimum absolute atomic E-state index is 0.156. The maximum absolute atomic E-state index is 11.0. The minimum atomic E-state index is -0.992. The Morgan fingerprint density at radius 1 is 1.41 bits per heavy atom. The number of nitrogens with two attached hydrogens (primary N) is 1. The van der Waals surface area contributed by atoms with E-state index >= 15 is 0 Å². The van der Waals surface area contributed by atoms with Crippen molar-refractivity contribution in [2.75, 3.05) is 33.9 Å². The molecule has 0 spiro atoms. The number of carbonyl (C=O) groups is 1. The highest BCUT2D eigenvalue weighted by molar-refractivity contribution is 5.98. The quantitative estimate of drug-likeness (QED) is 0.628. The molecular formula is C14H19N3O5. The molecule has 2 rings (SSSR count). The van der Waals surface area contributed by atoms with E-state index in [-0.39, 0.29) is 12.4 Å². The van der Waals surface area contributed by atoms with Crippen molar-refractivity contribution in [3.63, 3.8) is 0 Å². The Labute approximate surface area is 128 Å². The molecule has 0 aliphatic carbocycles. The highest BCUT2D eigenvalue weighted by atomic mass is 16.5. The van der Waals surface area contributed by atoms with Gasteiger partial charge < -0.3 is 30.0 Å². The number of nitrogens with zero attached hydrogens (tertiary/aromatic N) is 2. The average molecular weight is 309 g/mol. The van der Waals surface area contributed by atoms with Gasteiger partial charge in [0.05, 0.1) is 27.4 Å². The molecule has 1 amide bonds. The highest BCUT2D eigenvalue weighted by Gasteiger charge is 2.23. The minimum Gasteiger partial charge on any atom is -0.493 e. The zero-order chi connectivity index (χ0) is 16.1. The van der Waals surface area contributed by atoms with E-state index in [1.54, 1.807) is 25.3 Å². The number of carboxylic acid groups (broad SMARTS) is 1. The molecule has 1 saturated heterocycles. The van der Waals surface area contributed by atoms with Gasteiger partial charge in [0.1, 0.15) is 5.84 Å². The van der Waals surface area contributed by atoms with Crippen molar-refractivity contribution in [2.24, 2.45) is 10.7 Å². The van der Waals surface area contributed by atoms with E-state index in [1.807, 2.05) is 0 Å². The summed E-state index contributed by atoms with van der Waals surface area (Å²) in [4.78, 5) is 16.5. The van der Waals surface area contributed by atoms with Crippen molar-refractivity contribution < 1.29 is 24.1 Å². The molecule has 0 saturated carbocycles. The highest BCUT2D eigenvalue weighted by Crippen LogP contribution is 2.27. The van der Waals surface area contributed by atoms with Crippen LogP contribution in [0.3, 0.4) is 0 Å². The van der Waals surface area contributed by atoms with Crippen LogP contribution in [0.5, 0.6) is 11.5 Å². The molecule has 1 fully saturated rings. The molecular weight excluding hydrogens is 290 g/mol. The van der Waals surface area contributed by atoms with Gasteiger partial charge in [-0.05, 0) is 18.2 Å². The number of aliphatic imine (C=N–C) groups is 1. The van der Waals surface area contributed by atoms with E-state index in [0.29, 0.717) is 30.2 Å². The Morgan fingerprint density at radius 2 is 2.14 bits per heavy atom. The third-order valence-corrected chi connectivity index (χ3v) is 3.28. The maximum Gasteiger partial charge on any atom is 0.407 e. The summed E-state index contributed by atoms with van der Waals surface area (Å²) in [6, 6.07) is 5.18. The zero-order valence-electron chi connectivity index (χ0n) is 12.5. The van der Waals surface area contributed by atoms with E-state index < -0.39 is 12.3 Å². The van der Waals surface area contributed by atoms with Crippen molar-refractivity contribution in [1.82, 2.24) is 4.90 Å². The third-order valence-electron chi connectivity index (χ3n) is 3.28. The zero-order valence-corrected chi connectivity index (χ0v) is 12.5. The first-order valence-electron chi connectivity index (χ1n) is 6.70. The van der Waals surface area contributed by atoms with Crippen molar-refractivity contribution >= 4 is 11.9 Å². The smallest absolute Gasteiger partial charge is 0.407 e. The van der Waals surface area contributed by atoms with Crippen LogP contribution in [-0.4, -0.2) is 62.1 Å². The van der Waals surface area contributed by atoms with E-state index in [1.165, 1.54) is 12.0 Å². The summed E-state index contributed by atoms with van der Waals surface area (Å²) in [5, 5.41) is 8.99. The van der Waals surface area contributed by atoms with Crippen molar-refractivity contribution in [2.45, 2.75) is 6.23 Å². The molecule has 1 heterocycles. The van der Waals surface area contributed by atoms with Gasteiger partial charge in [-0.2, -0.15) is 0 Å². The molecule has 1 aromatic carbocycles. The van der Waals surface area contributed by atoms with Gasteiger partial charge in [0, 0.05) is 12.1 Å². The molecule has 1 aliphatic heterocycles. The van der Waals surface area contributed by atoms with Crippen LogP contribution >= 0.6 is 0 Å². The predicted molar refractivity (Wildman–Crippen MR) is 79.6 cm³/mol. The number of amides is 1. The first kappa shape index (κ1) is 15.9. The number of hydrogen-bond donors (Lipinski definition) is 2. The monoisotopic (exact) mass is 309 g/mol. The lowest BCUT2D eigenvalue weighted by atomic mass is 10.2. The van der Waals surface area contributed by atoms with Crippen LogP contribution in [0.25, 0.3) is 0 Å². The number of morpholine rings is 1. The number of rotatable bonds is 4. The molecule has 8 nitrogen and oxygen atoms in total. The van der Waals surface area contributed by atoms with Crippen LogP contribution in [0.4, 0.5) is 4.79 Å². The molecule has 1 atom stereocenters. The van der Waals surface area contributed by atoms with Gasteiger partial charge in [-0.1, -0.05) is 0 Å². The van der Waals surface area contributed by atoms with Crippen LogP contribution in [0.15, 0.2) is 23.2 Å². The fourth-order valence-corrected chi connectivity index (χ4v) is 2.11. The predicted octanol–water partition coefficient (Wildman–Crippen LogP) is 0.745. The lowest BCUT2D eigenvalue weighted by Gasteiger charge is -2.28. The van der Waals surface area contributed by atoms with Gasteiger partial charge in [0.15, 0.2) is 17.7 Å². The second-order valence-electron chi connectivity index (χ2n) is 4.64. The Morgan fingerprint density at radius 3 is 2.77 bits per heavy atom. The Bertz CT molecular complexity index is 576. The fraction of sp³-hybridized carbons (Fsp3) is 0.429. The molecule has 1 unspecified atom stereocenters. The lowest BCUT2D eigenvalue weighted by Crippen LogP contribution is -2.44. The van der Waals surface area contributed by atoms with Gasteiger partial charge in [-0.3, -0.25) is 0 Å². The van der Waals surface area contributed by atoms with Crippen LogP contribution in [0.2, 0.25) is 0 Å². The van der Waals surface area contributed by atoms with Crippen LogP contribution in [-0.2, 0) is 4.74 Å². The fourth-order valence-electron chi connectivity index (χ4n) is 2.11. The first-order chi connectivity index (χ1) is 10.5. The molecule has 0 bridgehead atoms. The summed E-state index contributed by atoms with van der Waals surface area (Å²) in [7, 11) is 3.08. The molecule has 1 aliphatic rings. The number of methoxy groups -OCH3 is 2. The summed E-state index contributed by atoms with van der Waals surface area (Å²) < 4.78 is 15.8. The van der Waals surface area contributed by atoms with Crippen molar-refractivity contribution in [3.05, 3.63) is 23.8 Å². The molecule has 1 aromatic rings. The van der Waals surface area contributed by atoms with E-state index in [2.05, 4.69) is 4.99 Å². The largest absolute Gasteiger partial charge is 0.493 e. The molecule has 22 heavy (non-hydrogen) atoms. The van der Waals surface area contributed by atoms with Gasteiger partial charge >= 0.3 is 6.09 Å². The summed E-state index contributed by atoms with van der Waals surface area (Å²) in [5.41, 5.74) is 6.62. The lowest BCUT2D eigenvalue weighted by molar-refractivity contribution is -0.0168. The molecule has 120 valence electrons. The SMILES string of the molecule is COc1ccc(/C(N)=N/C2CN(C(=O)O)CCO2)cc1OC. The molecule has 0 aromatic heterocycles. The maximum atomic E-state index is 11.0. The summed E-state index contributed by atoms with van der Waals surface area (Å²) >= 11 is 0. The van der Waals surface area contributed by atoms with Crippen molar-refractivity contribution in [1.29, 1.82) is 0 Å². The van der Waals surface area contributed by atoms with Crippen LogP contribution in [0, 0.1) is 0 Å². The van der Waals surface area contributed by atoms with Gasteiger partial charge in [0.25, 0.3) is 0 Å². The number of benzene rings is 1. The van der Waals surface area contributed by atoms with E-state index in [0.717, 1.165) is 0 Å². The topological polar surface area (TPSA) is 107 Å². The normalized spacial score (nSPS) is 18.9. The molecule has 3 N–H and O–H groups in total. The van der Waals surface area contributed by atoms with Crippen molar-refractivity contribution in [3.8, 4) is 11.5 Å². The second kappa shape index (κ2) is 6.99. The second-order valence-corrected chi connectivity index (χ2v) is 4.64. The number of ether oxygens (including phenoxy) is 3. The Kier molecular flexibility index (Phi) is 5.05.